The molecule has 0 spiro atoms. The van der Waals surface area contributed by atoms with E-state index in [9.17, 15) is 0 Å². The van der Waals surface area contributed by atoms with Gasteiger partial charge in [0.05, 0.1) is 27.6 Å². The van der Waals surface area contributed by atoms with Gasteiger partial charge in [-0.25, -0.2) is 9.97 Å². The van der Waals surface area contributed by atoms with E-state index in [1.54, 1.807) is 17.5 Å². The Morgan fingerprint density at radius 1 is 1.22 bits per heavy atom. The third-order valence-corrected chi connectivity index (χ3v) is 3.55. The van der Waals surface area contributed by atoms with Gasteiger partial charge in [0.2, 0.25) is 0 Å². The summed E-state index contributed by atoms with van der Waals surface area (Å²) in [5.74, 6) is 0.797. The highest BCUT2D eigenvalue weighted by atomic mass is 32.1. The van der Waals surface area contributed by atoms with Crippen molar-refractivity contribution in [3.63, 3.8) is 0 Å². The number of fused-ring (bicyclic) bond motifs is 1. The minimum Gasteiger partial charge on any atom is -0.397 e. The molecule has 0 fully saturated rings. The summed E-state index contributed by atoms with van der Waals surface area (Å²) < 4.78 is 1.16. The van der Waals surface area contributed by atoms with Gasteiger partial charge in [0.1, 0.15) is 5.82 Å². The molecule has 2 heterocycles. The number of nitrogens with two attached hydrogens (primary N) is 1. The smallest absolute Gasteiger partial charge is 0.130 e. The highest BCUT2D eigenvalue weighted by Gasteiger charge is 2.01. The van der Waals surface area contributed by atoms with Crippen LogP contribution in [0.2, 0.25) is 0 Å². The van der Waals surface area contributed by atoms with Gasteiger partial charge in [-0.1, -0.05) is 0 Å². The first-order valence-corrected chi connectivity index (χ1v) is 6.43. The molecule has 2 aromatic heterocycles. The van der Waals surface area contributed by atoms with Gasteiger partial charge >= 0.3 is 0 Å². The molecule has 3 aromatic rings. The number of anilines is 3. The van der Waals surface area contributed by atoms with E-state index in [-0.39, 0.29) is 0 Å². The Morgan fingerprint density at radius 2 is 2.11 bits per heavy atom. The molecule has 0 bridgehead atoms. The Bertz CT molecular complexity index is 705. The van der Waals surface area contributed by atoms with Crippen LogP contribution < -0.4 is 11.1 Å². The first kappa shape index (κ1) is 11.0. The minimum absolute atomic E-state index is 0.707. The molecule has 5 heteroatoms. The summed E-state index contributed by atoms with van der Waals surface area (Å²) in [6.45, 7) is 1.97. The van der Waals surface area contributed by atoms with Crippen LogP contribution in [-0.4, -0.2) is 9.97 Å². The van der Waals surface area contributed by atoms with Crippen LogP contribution in [-0.2, 0) is 0 Å². The Kier molecular flexibility index (Phi) is 2.60. The standard InChI is InChI=1S/C13H12N4S/c1-8-4-13(15-6-10(8)14)17-9-2-3-11-12(5-9)18-7-16-11/h2-7H,14H2,1H3,(H,15,17). The van der Waals surface area contributed by atoms with Crippen LogP contribution in [0.3, 0.4) is 0 Å². The fourth-order valence-corrected chi connectivity index (χ4v) is 2.43. The maximum absolute atomic E-state index is 5.75. The van der Waals surface area contributed by atoms with Crippen molar-refractivity contribution in [1.29, 1.82) is 0 Å². The Balaban J connectivity index is 1.92. The molecule has 0 aliphatic carbocycles. The lowest BCUT2D eigenvalue weighted by atomic mass is 10.2. The molecular formula is C13H12N4S. The average Bonchev–Trinajstić information content (AvgIpc) is 2.81. The van der Waals surface area contributed by atoms with Crippen molar-refractivity contribution in [1.82, 2.24) is 9.97 Å². The number of hydrogen-bond donors (Lipinski definition) is 2. The molecule has 4 nitrogen and oxygen atoms in total. The number of thiazole rings is 1. The number of nitrogens with zero attached hydrogens (tertiary/aromatic N) is 2. The van der Waals surface area contributed by atoms with E-state index in [1.165, 1.54) is 0 Å². The lowest BCUT2D eigenvalue weighted by molar-refractivity contribution is 1.28. The lowest BCUT2D eigenvalue weighted by Gasteiger charge is -2.07. The second kappa shape index (κ2) is 4.27. The molecule has 0 radical (unpaired) electrons. The molecular weight excluding hydrogens is 244 g/mol. The summed E-state index contributed by atoms with van der Waals surface area (Å²) in [6.07, 6.45) is 1.67. The van der Waals surface area contributed by atoms with Gasteiger partial charge < -0.3 is 11.1 Å². The number of pyridine rings is 1. The van der Waals surface area contributed by atoms with Gasteiger partial charge in [0.15, 0.2) is 0 Å². The van der Waals surface area contributed by atoms with E-state index in [0.29, 0.717) is 5.69 Å². The molecule has 90 valence electrons. The summed E-state index contributed by atoms with van der Waals surface area (Å²) in [4.78, 5) is 8.50. The van der Waals surface area contributed by atoms with Crippen molar-refractivity contribution in [3.05, 3.63) is 41.5 Å². The molecule has 18 heavy (non-hydrogen) atoms. The molecule has 0 unspecified atom stereocenters. The molecule has 3 rings (SSSR count). The number of aromatic nitrogens is 2. The van der Waals surface area contributed by atoms with E-state index in [0.717, 1.165) is 27.3 Å². The van der Waals surface area contributed by atoms with Gasteiger partial charge in [-0.2, -0.15) is 0 Å². The maximum Gasteiger partial charge on any atom is 0.130 e. The third kappa shape index (κ3) is 2.00. The van der Waals surface area contributed by atoms with Crippen molar-refractivity contribution in [2.24, 2.45) is 0 Å². The molecule has 0 atom stereocenters. The second-order valence-electron chi connectivity index (χ2n) is 4.09. The fraction of sp³-hybridized carbons (Fsp3) is 0.0769. The highest BCUT2D eigenvalue weighted by Crippen LogP contribution is 2.24. The molecule has 0 aliphatic heterocycles. The minimum atomic E-state index is 0.707. The van der Waals surface area contributed by atoms with Crippen LogP contribution in [0.15, 0.2) is 36.0 Å². The van der Waals surface area contributed by atoms with E-state index in [2.05, 4.69) is 21.4 Å². The van der Waals surface area contributed by atoms with Crippen molar-refractivity contribution in [2.45, 2.75) is 6.92 Å². The highest BCUT2D eigenvalue weighted by molar-refractivity contribution is 7.16. The van der Waals surface area contributed by atoms with Gasteiger partial charge in [0, 0.05) is 5.69 Å². The number of nitrogen functional groups attached to an aromatic ring is 1. The van der Waals surface area contributed by atoms with E-state index >= 15 is 0 Å². The average molecular weight is 256 g/mol. The second-order valence-corrected chi connectivity index (χ2v) is 4.97. The van der Waals surface area contributed by atoms with Crippen LogP contribution in [0.5, 0.6) is 0 Å². The molecule has 0 saturated carbocycles. The zero-order chi connectivity index (χ0) is 12.5. The monoisotopic (exact) mass is 256 g/mol. The number of aryl methyl sites for hydroxylation is 1. The van der Waals surface area contributed by atoms with E-state index in [4.69, 9.17) is 5.73 Å². The van der Waals surface area contributed by atoms with Crippen molar-refractivity contribution >= 4 is 38.7 Å². The summed E-state index contributed by atoms with van der Waals surface area (Å²) >= 11 is 1.63. The maximum atomic E-state index is 5.75. The third-order valence-electron chi connectivity index (χ3n) is 2.75. The van der Waals surface area contributed by atoms with Gasteiger partial charge in [0.25, 0.3) is 0 Å². The predicted molar refractivity (Wildman–Crippen MR) is 76.3 cm³/mol. The Hall–Kier alpha value is -2.14. The summed E-state index contributed by atoms with van der Waals surface area (Å²) in [6, 6.07) is 8.00. The summed E-state index contributed by atoms with van der Waals surface area (Å²) in [5.41, 5.74) is 11.3. The van der Waals surface area contributed by atoms with Crippen molar-refractivity contribution < 1.29 is 0 Å². The number of rotatable bonds is 2. The summed E-state index contributed by atoms with van der Waals surface area (Å²) in [5, 5.41) is 3.27. The van der Waals surface area contributed by atoms with Gasteiger partial charge in [-0.3, -0.25) is 0 Å². The number of nitrogens with one attached hydrogen (secondary N) is 1. The Labute approximate surface area is 109 Å². The van der Waals surface area contributed by atoms with E-state index in [1.807, 2.05) is 30.6 Å². The van der Waals surface area contributed by atoms with Crippen LogP contribution in [0.4, 0.5) is 17.2 Å². The Morgan fingerprint density at radius 3 is 2.94 bits per heavy atom. The van der Waals surface area contributed by atoms with Crippen molar-refractivity contribution in [3.8, 4) is 0 Å². The molecule has 1 aromatic carbocycles. The normalized spacial score (nSPS) is 10.7. The van der Waals surface area contributed by atoms with E-state index < -0.39 is 0 Å². The number of hydrogen-bond acceptors (Lipinski definition) is 5. The zero-order valence-corrected chi connectivity index (χ0v) is 10.7. The van der Waals surface area contributed by atoms with Gasteiger partial charge in [-0.15, -0.1) is 11.3 Å². The van der Waals surface area contributed by atoms with Crippen LogP contribution in [0, 0.1) is 6.92 Å². The quantitative estimate of drug-likeness (QED) is 0.738. The predicted octanol–water partition coefficient (Wildman–Crippen LogP) is 3.33. The first-order chi connectivity index (χ1) is 8.72. The number of benzene rings is 1. The van der Waals surface area contributed by atoms with Gasteiger partial charge in [-0.05, 0) is 36.8 Å². The van der Waals surface area contributed by atoms with Crippen LogP contribution in [0.1, 0.15) is 5.56 Å². The zero-order valence-electron chi connectivity index (χ0n) is 9.84. The largest absolute Gasteiger partial charge is 0.397 e. The fourth-order valence-electron chi connectivity index (χ4n) is 1.72. The molecule has 0 aliphatic rings. The summed E-state index contributed by atoms with van der Waals surface area (Å²) in [7, 11) is 0. The molecule has 3 N–H and O–H groups in total. The van der Waals surface area contributed by atoms with Crippen LogP contribution in [0.25, 0.3) is 10.2 Å². The molecule has 0 saturated heterocycles. The SMILES string of the molecule is Cc1cc(Nc2ccc3ncsc3c2)ncc1N. The first-order valence-electron chi connectivity index (χ1n) is 5.55. The topological polar surface area (TPSA) is 63.8 Å². The van der Waals surface area contributed by atoms with Crippen molar-refractivity contribution in [2.75, 3.05) is 11.1 Å². The van der Waals surface area contributed by atoms with Crippen LogP contribution >= 0.6 is 11.3 Å². The lowest BCUT2D eigenvalue weighted by Crippen LogP contribution is -1.97. The molecule has 0 amide bonds.